The molecule has 2 atom stereocenters. The van der Waals surface area contributed by atoms with E-state index in [9.17, 15) is 0 Å². The summed E-state index contributed by atoms with van der Waals surface area (Å²) in [7, 11) is 0. The maximum absolute atomic E-state index is 3.42. The van der Waals surface area contributed by atoms with Crippen LogP contribution in [0.1, 0.15) is 13.8 Å². The second-order valence-corrected chi connectivity index (χ2v) is 3.26. The van der Waals surface area contributed by atoms with Gasteiger partial charge >= 0.3 is 0 Å². The maximum atomic E-state index is 3.42. The van der Waals surface area contributed by atoms with E-state index >= 15 is 0 Å². The Kier molecular flexibility index (Phi) is 1.16. The average Bonchev–Trinajstić information content (AvgIpc) is 2.03. The Morgan fingerprint density at radius 3 is 1.80 bits per heavy atom. The van der Waals surface area contributed by atoms with E-state index in [0.717, 1.165) is 24.9 Å². The smallest absolute Gasteiger partial charge is 0.0338 e. The van der Waals surface area contributed by atoms with Gasteiger partial charge in [0.15, 0.2) is 0 Å². The Morgan fingerprint density at radius 2 is 1.40 bits per heavy atom. The van der Waals surface area contributed by atoms with Crippen molar-refractivity contribution in [3.63, 3.8) is 0 Å². The molecule has 0 aromatic heterocycles. The number of hydrogen-bond acceptors (Lipinski definition) is 2. The number of hydrogen-bond donors (Lipinski definition) is 2. The van der Waals surface area contributed by atoms with Crippen LogP contribution in [0.3, 0.4) is 0 Å². The fourth-order valence-electron chi connectivity index (χ4n) is 1.80. The highest BCUT2D eigenvalue weighted by Gasteiger charge is 2.35. The summed E-state index contributed by atoms with van der Waals surface area (Å²) in [6.07, 6.45) is 0. The minimum Gasteiger partial charge on any atom is -0.385 e. The summed E-state index contributed by atoms with van der Waals surface area (Å²) < 4.78 is 0. The van der Waals surface area contributed by atoms with Crippen LogP contribution < -0.4 is 10.6 Å². The zero-order chi connectivity index (χ0) is 7.14. The van der Waals surface area contributed by atoms with Gasteiger partial charge in [0.25, 0.3) is 0 Å². The van der Waals surface area contributed by atoms with Gasteiger partial charge in [-0.2, -0.15) is 0 Å². The van der Waals surface area contributed by atoms with Crippen molar-refractivity contribution in [1.29, 1.82) is 0 Å². The van der Waals surface area contributed by atoms with Gasteiger partial charge in [0.05, 0.1) is 0 Å². The van der Waals surface area contributed by atoms with E-state index in [0.29, 0.717) is 0 Å². The lowest BCUT2D eigenvalue weighted by Crippen LogP contribution is -2.48. The first-order valence-corrected chi connectivity index (χ1v) is 4.02. The van der Waals surface area contributed by atoms with Crippen molar-refractivity contribution in [3.8, 4) is 0 Å². The molecule has 2 unspecified atom stereocenters. The molecule has 1 aliphatic heterocycles. The zero-order valence-electron chi connectivity index (χ0n) is 6.57. The third-order valence-corrected chi connectivity index (χ3v) is 2.71. The predicted octanol–water partition coefficient (Wildman–Crippen LogP) is 0.677. The van der Waals surface area contributed by atoms with E-state index < -0.39 is 0 Å². The van der Waals surface area contributed by atoms with Crippen LogP contribution in [0.2, 0.25) is 0 Å². The first-order chi connectivity index (χ1) is 4.80. The minimum atomic E-state index is 0.753. The van der Waals surface area contributed by atoms with Crippen LogP contribution in [-0.4, -0.2) is 13.1 Å². The topological polar surface area (TPSA) is 24.1 Å². The lowest BCUT2D eigenvalue weighted by molar-refractivity contribution is 0.340. The Bertz CT molecular complexity index is 164. The SMILES string of the molecule is CC1C2=C(NCCN2)C1C. The Labute approximate surface area is 61.7 Å². The monoisotopic (exact) mass is 138 g/mol. The van der Waals surface area contributed by atoms with Crippen LogP contribution in [0.25, 0.3) is 0 Å². The summed E-state index contributed by atoms with van der Waals surface area (Å²) in [5, 5.41) is 6.83. The van der Waals surface area contributed by atoms with Gasteiger partial charge in [0, 0.05) is 36.3 Å². The molecule has 0 fully saturated rings. The molecule has 0 radical (unpaired) electrons. The molecule has 2 rings (SSSR count). The van der Waals surface area contributed by atoms with Crippen LogP contribution in [-0.2, 0) is 0 Å². The largest absolute Gasteiger partial charge is 0.385 e. The van der Waals surface area contributed by atoms with Crippen LogP contribution >= 0.6 is 0 Å². The Balaban J connectivity index is 2.21. The highest BCUT2D eigenvalue weighted by molar-refractivity contribution is 5.30. The minimum absolute atomic E-state index is 0.753. The fraction of sp³-hybridized carbons (Fsp3) is 0.750. The van der Waals surface area contributed by atoms with Crippen LogP contribution in [0.4, 0.5) is 0 Å². The van der Waals surface area contributed by atoms with Crippen LogP contribution in [0.15, 0.2) is 11.4 Å². The molecule has 10 heavy (non-hydrogen) atoms. The lowest BCUT2D eigenvalue weighted by Gasteiger charge is -2.42. The molecule has 2 nitrogen and oxygen atoms in total. The highest BCUT2D eigenvalue weighted by Crippen LogP contribution is 2.37. The molecule has 2 heteroatoms. The van der Waals surface area contributed by atoms with Crippen molar-refractivity contribution < 1.29 is 0 Å². The van der Waals surface area contributed by atoms with Crippen molar-refractivity contribution in [1.82, 2.24) is 10.6 Å². The van der Waals surface area contributed by atoms with E-state index in [4.69, 9.17) is 0 Å². The first-order valence-electron chi connectivity index (χ1n) is 4.02. The number of nitrogens with one attached hydrogen (secondary N) is 2. The quantitative estimate of drug-likeness (QED) is 0.514. The molecular weight excluding hydrogens is 124 g/mol. The molecular formula is C8H14N2. The summed E-state index contributed by atoms with van der Waals surface area (Å²) in [5.41, 5.74) is 2.91. The summed E-state index contributed by atoms with van der Waals surface area (Å²) >= 11 is 0. The van der Waals surface area contributed by atoms with Gasteiger partial charge in [-0.3, -0.25) is 0 Å². The summed E-state index contributed by atoms with van der Waals surface area (Å²) in [6, 6.07) is 0. The number of allylic oxidation sites excluding steroid dienone is 2. The van der Waals surface area contributed by atoms with Crippen molar-refractivity contribution in [3.05, 3.63) is 11.4 Å². The Hall–Kier alpha value is -0.660. The second-order valence-electron chi connectivity index (χ2n) is 3.26. The molecule has 0 saturated carbocycles. The van der Waals surface area contributed by atoms with Crippen LogP contribution in [0.5, 0.6) is 0 Å². The number of rotatable bonds is 0. The molecule has 0 bridgehead atoms. The molecule has 0 aromatic rings. The standard InChI is InChI=1S/C8H14N2/c1-5-6(2)8-7(5)9-3-4-10-8/h5-6,9-10H,3-4H2,1-2H3. The van der Waals surface area contributed by atoms with Gasteiger partial charge in [0.1, 0.15) is 0 Å². The maximum Gasteiger partial charge on any atom is 0.0338 e. The third-order valence-electron chi connectivity index (χ3n) is 2.71. The van der Waals surface area contributed by atoms with Crippen molar-refractivity contribution in [2.75, 3.05) is 13.1 Å². The normalized spacial score (nSPS) is 37.4. The van der Waals surface area contributed by atoms with Crippen molar-refractivity contribution in [2.24, 2.45) is 11.8 Å². The molecule has 2 aliphatic rings. The lowest BCUT2D eigenvalue weighted by atomic mass is 9.77. The van der Waals surface area contributed by atoms with Crippen molar-refractivity contribution in [2.45, 2.75) is 13.8 Å². The van der Waals surface area contributed by atoms with Gasteiger partial charge in [-0.1, -0.05) is 13.8 Å². The summed E-state index contributed by atoms with van der Waals surface area (Å²) in [4.78, 5) is 0. The molecule has 56 valence electrons. The Morgan fingerprint density at radius 1 is 1.00 bits per heavy atom. The molecule has 1 aliphatic carbocycles. The van der Waals surface area contributed by atoms with E-state index in [2.05, 4.69) is 24.5 Å². The molecule has 2 N–H and O–H groups in total. The second kappa shape index (κ2) is 1.91. The van der Waals surface area contributed by atoms with E-state index in [1.54, 1.807) is 0 Å². The van der Waals surface area contributed by atoms with Gasteiger partial charge in [-0.05, 0) is 0 Å². The van der Waals surface area contributed by atoms with E-state index in [-0.39, 0.29) is 0 Å². The van der Waals surface area contributed by atoms with E-state index in [1.807, 2.05) is 0 Å². The molecule has 1 heterocycles. The molecule has 0 saturated heterocycles. The molecule has 0 aromatic carbocycles. The highest BCUT2D eigenvalue weighted by atomic mass is 15.1. The van der Waals surface area contributed by atoms with Crippen LogP contribution in [0, 0.1) is 11.8 Å². The van der Waals surface area contributed by atoms with Gasteiger partial charge in [-0.15, -0.1) is 0 Å². The summed E-state index contributed by atoms with van der Waals surface area (Å²) in [6.45, 7) is 6.75. The third kappa shape index (κ3) is 0.591. The average molecular weight is 138 g/mol. The first kappa shape index (κ1) is 6.08. The van der Waals surface area contributed by atoms with Crippen molar-refractivity contribution >= 4 is 0 Å². The fourth-order valence-corrected chi connectivity index (χ4v) is 1.80. The summed E-state index contributed by atoms with van der Waals surface area (Å²) in [5.74, 6) is 1.51. The molecule has 0 spiro atoms. The van der Waals surface area contributed by atoms with E-state index in [1.165, 1.54) is 11.4 Å². The predicted molar refractivity (Wildman–Crippen MR) is 41.4 cm³/mol. The van der Waals surface area contributed by atoms with Gasteiger partial charge in [0.2, 0.25) is 0 Å². The zero-order valence-corrected chi connectivity index (χ0v) is 6.57. The van der Waals surface area contributed by atoms with Gasteiger partial charge in [-0.25, -0.2) is 0 Å². The van der Waals surface area contributed by atoms with Gasteiger partial charge < -0.3 is 10.6 Å². The molecule has 0 amide bonds.